The summed E-state index contributed by atoms with van der Waals surface area (Å²) in [5.74, 6) is 3.80. The van der Waals surface area contributed by atoms with Gasteiger partial charge >= 0.3 is 0 Å². The summed E-state index contributed by atoms with van der Waals surface area (Å²) in [7, 11) is 3.95. The van der Waals surface area contributed by atoms with E-state index in [0.717, 1.165) is 50.1 Å². The van der Waals surface area contributed by atoms with Crippen molar-refractivity contribution >= 4 is 12.4 Å². The van der Waals surface area contributed by atoms with E-state index in [-0.39, 0.29) is 12.4 Å². The van der Waals surface area contributed by atoms with E-state index >= 15 is 0 Å². The SMILES string of the molecule is CCc1noc(CN2C[C@@H]3CN(C)[C@H](c4ccc(OC)cc4)[C@@H]3C2)n1.Cl. The van der Waals surface area contributed by atoms with Crippen LogP contribution in [0.3, 0.4) is 0 Å². The summed E-state index contributed by atoms with van der Waals surface area (Å²) in [5, 5.41) is 4.01. The Morgan fingerprint density at radius 1 is 1.19 bits per heavy atom. The highest BCUT2D eigenvalue weighted by molar-refractivity contribution is 5.85. The average Bonchev–Trinajstić information content (AvgIpc) is 3.30. The second-order valence-electron chi connectivity index (χ2n) is 7.23. The standard InChI is InChI=1S/C19H26N4O2.ClH/c1-4-17-20-18(25-21-17)12-23-10-14-9-22(2)19(16(14)11-23)13-5-7-15(24-3)8-6-13;/h5-8,14,16,19H,4,9-12H2,1-3H3;1H/t14-,16+,19+;/m0./s1. The Morgan fingerprint density at radius 2 is 1.96 bits per heavy atom. The zero-order chi connectivity index (χ0) is 17.4. The summed E-state index contributed by atoms with van der Waals surface area (Å²) in [6.45, 7) is 6.13. The van der Waals surface area contributed by atoms with Crippen LogP contribution in [0.5, 0.6) is 5.75 Å². The fourth-order valence-electron chi connectivity index (χ4n) is 4.47. The number of aryl methyl sites for hydroxylation is 1. The Bertz CT molecular complexity index is 721. The number of benzene rings is 1. The molecule has 142 valence electrons. The van der Waals surface area contributed by atoms with Crippen molar-refractivity contribution in [3.8, 4) is 5.75 Å². The van der Waals surface area contributed by atoms with Crippen molar-refractivity contribution in [3.05, 3.63) is 41.5 Å². The van der Waals surface area contributed by atoms with Crippen molar-refractivity contribution in [1.82, 2.24) is 19.9 Å². The molecule has 0 spiro atoms. The number of likely N-dealkylation sites (tertiary alicyclic amines) is 2. The summed E-state index contributed by atoms with van der Waals surface area (Å²) in [5.41, 5.74) is 1.38. The van der Waals surface area contributed by atoms with Crippen LogP contribution in [0, 0.1) is 11.8 Å². The first kappa shape index (κ1) is 19.1. The molecular formula is C19H27ClN4O2. The number of halogens is 1. The third-order valence-electron chi connectivity index (χ3n) is 5.61. The molecular weight excluding hydrogens is 352 g/mol. The van der Waals surface area contributed by atoms with Gasteiger partial charge in [0.2, 0.25) is 5.89 Å². The van der Waals surface area contributed by atoms with Gasteiger partial charge in [0.1, 0.15) is 5.75 Å². The Hall–Kier alpha value is -1.63. The fraction of sp³-hybridized carbons (Fsp3) is 0.579. The van der Waals surface area contributed by atoms with Gasteiger partial charge in [0.15, 0.2) is 5.82 Å². The van der Waals surface area contributed by atoms with Crippen molar-refractivity contribution in [1.29, 1.82) is 0 Å². The number of rotatable bonds is 5. The van der Waals surface area contributed by atoms with E-state index in [9.17, 15) is 0 Å². The van der Waals surface area contributed by atoms with Gasteiger partial charge in [-0.1, -0.05) is 24.2 Å². The molecule has 0 amide bonds. The van der Waals surface area contributed by atoms with Crippen LogP contribution in [0.4, 0.5) is 0 Å². The highest BCUT2D eigenvalue weighted by atomic mass is 35.5. The van der Waals surface area contributed by atoms with Crippen LogP contribution in [-0.4, -0.2) is 53.7 Å². The maximum Gasteiger partial charge on any atom is 0.240 e. The lowest BCUT2D eigenvalue weighted by atomic mass is 9.89. The third kappa shape index (κ3) is 3.59. The van der Waals surface area contributed by atoms with Crippen LogP contribution >= 0.6 is 12.4 Å². The van der Waals surface area contributed by atoms with E-state index in [4.69, 9.17) is 9.26 Å². The van der Waals surface area contributed by atoms with E-state index in [2.05, 4.69) is 51.3 Å². The molecule has 0 aliphatic carbocycles. The molecule has 0 saturated carbocycles. The van der Waals surface area contributed by atoms with Crippen molar-refractivity contribution < 1.29 is 9.26 Å². The van der Waals surface area contributed by atoms with Gasteiger partial charge in [0, 0.05) is 32.1 Å². The van der Waals surface area contributed by atoms with E-state index < -0.39 is 0 Å². The van der Waals surface area contributed by atoms with Crippen molar-refractivity contribution in [3.63, 3.8) is 0 Å². The van der Waals surface area contributed by atoms with Gasteiger partial charge in [-0.15, -0.1) is 12.4 Å². The topological polar surface area (TPSA) is 54.6 Å². The molecule has 3 heterocycles. The van der Waals surface area contributed by atoms with Gasteiger partial charge in [-0.25, -0.2) is 0 Å². The smallest absolute Gasteiger partial charge is 0.240 e. The summed E-state index contributed by atoms with van der Waals surface area (Å²) < 4.78 is 10.7. The lowest BCUT2D eigenvalue weighted by Crippen LogP contribution is -2.29. The zero-order valence-corrected chi connectivity index (χ0v) is 16.4. The molecule has 1 aromatic heterocycles. The third-order valence-corrected chi connectivity index (χ3v) is 5.61. The van der Waals surface area contributed by atoms with Gasteiger partial charge < -0.3 is 9.26 Å². The summed E-state index contributed by atoms with van der Waals surface area (Å²) in [6, 6.07) is 9.00. The van der Waals surface area contributed by atoms with Crippen LogP contribution in [0.2, 0.25) is 0 Å². The van der Waals surface area contributed by atoms with Crippen LogP contribution in [-0.2, 0) is 13.0 Å². The number of fused-ring (bicyclic) bond motifs is 1. The van der Waals surface area contributed by atoms with Crippen molar-refractivity contribution in [2.45, 2.75) is 25.9 Å². The number of aromatic nitrogens is 2. The molecule has 2 aliphatic heterocycles. The van der Waals surface area contributed by atoms with Crippen molar-refractivity contribution in [2.75, 3.05) is 33.8 Å². The highest BCUT2D eigenvalue weighted by Gasteiger charge is 2.46. The van der Waals surface area contributed by atoms with Gasteiger partial charge in [0.25, 0.3) is 0 Å². The number of hydrogen-bond donors (Lipinski definition) is 0. The van der Waals surface area contributed by atoms with Gasteiger partial charge in [-0.3, -0.25) is 9.80 Å². The first-order valence-corrected chi connectivity index (χ1v) is 9.06. The number of methoxy groups -OCH3 is 1. The van der Waals surface area contributed by atoms with Crippen molar-refractivity contribution in [2.24, 2.45) is 11.8 Å². The number of nitrogens with zero attached hydrogens (tertiary/aromatic N) is 4. The second kappa shape index (κ2) is 7.94. The zero-order valence-electron chi connectivity index (χ0n) is 15.6. The molecule has 3 atom stereocenters. The van der Waals surface area contributed by atoms with Gasteiger partial charge in [-0.2, -0.15) is 4.98 Å². The Balaban J connectivity index is 0.00000196. The number of ether oxygens (including phenoxy) is 1. The van der Waals surface area contributed by atoms with E-state index in [1.807, 2.05) is 6.92 Å². The molecule has 1 aromatic carbocycles. The lowest BCUT2D eigenvalue weighted by molar-refractivity contribution is 0.207. The van der Waals surface area contributed by atoms with E-state index in [0.29, 0.717) is 17.9 Å². The maximum absolute atomic E-state index is 5.37. The average molecular weight is 379 g/mol. The van der Waals surface area contributed by atoms with E-state index in [1.54, 1.807) is 7.11 Å². The minimum atomic E-state index is 0. The maximum atomic E-state index is 5.37. The molecule has 2 saturated heterocycles. The normalized spacial score (nSPS) is 25.9. The van der Waals surface area contributed by atoms with E-state index in [1.165, 1.54) is 5.56 Å². The first-order chi connectivity index (χ1) is 12.2. The molecule has 0 unspecified atom stereocenters. The van der Waals surface area contributed by atoms with Crippen LogP contribution < -0.4 is 4.74 Å². The summed E-state index contributed by atoms with van der Waals surface area (Å²) in [6.07, 6.45) is 0.819. The molecule has 0 N–H and O–H groups in total. The summed E-state index contributed by atoms with van der Waals surface area (Å²) in [4.78, 5) is 9.41. The quantitative estimate of drug-likeness (QED) is 0.797. The number of hydrogen-bond acceptors (Lipinski definition) is 6. The van der Waals surface area contributed by atoms with Crippen LogP contribution in [0.1, 0.15) is 30.2 Å². The second-order valence-corrected chi connectivity index (χ2v) is 7.23. The Labute approximate surface area is 160 Å². The van der Waals surface area contributed by atoms with Gasteiger partial charge in [0.05, 0.1) is 13.7 Å². The Kier molecular flexibility index (Phi) is 5.85. The summed E-state index contributed by atoms with van der Waals surface area (Å²) >= 11 is 0. The molecule has 0 bridgehead atoms. The monoisotopic (exact) mass is 378 g/mol. The molecule has 2 aromatic rings. The molecule has 6 nitrogen and oxygen atoms in total. The molecule has 0 radical (unpaired) electrons. The minimum Gasteiger partial charge on any atom is -0.497 e. The molecule has 2 aliphatic rings. The fourth-order valence-corrected chi connectivity index (χ4v) is 4.47. The largest absolute Gasteiger partial charge is 0.497 e. The van der Waals surface area contributed by atoms with Crippen LogP contribution in [0.25, 0.3) is 0 Å². The Morgan fingerprint density at radius 3 is 2.62 bits per heavy atom. The molecule has 4 rings (SSSR count). The first-order valence-electron chi connectivity index (χ1n) is 9.06. The lowest BCUT2D eigenvalue weighted by Gasteiger charge is -2.26. The predicted octanol–water partition coefficient (Wildman–Crippen LogP) is 2.80. The van der Waals surface area contributed by atoms with Gasteiger partial charge in [-0.05, 0) is 36.6 Å². The highest BCUT2D eigenvalue weighted by Crippen LogP contribution is 2.44. The van der Waals surface area contributed by atoms with Crippen LogP contribution in [0.15, 0.2) is 28.8 Å². The molecule has 7 heteroatoms. The molecule has 26 heavy (non-hydrogen) atoms. The molecule has 2 fully saturated rings. The minimum absolute atomic E-state index is 0. The predicted molar refractivity (Wildman–Crippen MR) is 102 cm³/mol.